The maximum Gasteiger partial charge on any atom is 0.233 e. The normalized spacial score (nSPS) is 22.3. The lowest BCUT2D eigenvalue weighted by molar-refractivity contribution is -0.120. The average molecular weight is 246 g/mol. The molecule has 0 spiro atoms. The summed E-state index contributed by atoms with van der Waals surface area (Å²) < 4.78 is 0. The van der Waals surface area contributed by atoms with Crippen molar-refractivity contribution in [2.75, 3.05) is 5.75 Å². The highest BCUT2D eigenvalue weighted by Crippen LogP contribution is 2.26. The van der Waals surface area contributed by atoms with E-state index in [2.05, 4.69) is 12.2 Å². The van der Waals surface area contributed by atoms with Crippen LogP contribution in [0.25, 0.3) is 0 Å². The van der Waals surface area contributed by atoms with E-state index in [0.29, 0.717) is 4.99 Å². The van der Waals surface area contributed by atoms with Crippen LogP contribution in [-0.4, -0.2) is 27.9 Å². The largest absolute Gasteiger partial charge is 0.392 e. The summed E-state index contributed by atoms with van der Waals surface area (Å²) in [6.45, 7) is 2.06. The molecule has 1 heterocycles. The Balaban J connectivity index is 2.42. The van der Waals surface area contributed by atoms with Crippen LogP contribution < -0.4 is 11.1 Å². The number of nitrogens with one attached hydrogen (secondary N) is 1. The smallest absolute Gasteiger partial charge is 0.233 e. The van der Waals surface area contributed by atoms with Gasteiger partial charge in [0.2, 0.25) is 5.91 Å². The Hall–Kier alpha value is -0.290. The van der Waals surface area contributed by atoms with Gasteiger partial charge >= 0.3 is 0 Å². The van der Waals surface area contributed by atoms with Crippen LogP contribution in [0.4, 0.5) is 0 Å². The molecule has 1 fully saturated rings. The number of thiocarbonyl (C=S) groups is 1. The molecule has 0 aromatic rings. The van der Waals surface area contributed by atoms with Gasteiger partial charge < -0.3 is 11.1 Å². The first-order valence-corrected chi connectivity index (χ1v) is 6.82. The molecular weight excluding hydrogens is 228 g/mol. The molecule has 3 nitrogen and oxygen atoms in total. The number of amides is 1. The molecule has 1 rings (SSSR count). The van der Waals surface area contributed by atoms with E-state index < -0.39 is 0 Å². The molecule has 86 valence electrons. The van der Waals surface area contributed by atoms with Crippen molar-refractivity contribution in [2.24, 2.45) is 5.73 Å². The van der Waals surface area contributed by atoms with E-state index in [9.17, 15) is 4.79 Å². The molecule has 1 saturated heterocycles. The summed E-state index contributed by atoms with van der Waals surface area (Å²) in [5.74, 6) is 1.19. The lowest BCUT2D eigenvalue weighted by Crippen LogP contribution is -2.46. The summed E-state index contributed by atoms with van der Waals surface area (Å²) in [6.07, 6.45) is 3.92. The van der Waals surface area contributed by atoms with Gasteiger partial charge in [0, 0.05) is 0 Å². The van der Waals surface area contributed by atoms with Crippen molar-refractivity contribution in [3.8, 4) is 0 Å². The monoisotopic (exact) mass is 246 g/mol. The maximum atomic E-state index is 11.8. The van der Waals surface area contributed by atoms with E-state index in [1.807, 2.05) is 0 Å². The highest BCUT2D eigenvalue weighted by molar-refractivity contribution is 8.00. The van der Waals surface area contributed by atoms with Crippen molar-refractivity contribution in [3.05, 3.63) is 0 Å². The van der Waals surface area contributed by atoms with E-state index in [-0.39, 0.29) is 17.2 Å². The lowest BCUT2D eigenvalue weighted by Gasteiger charge is -2.18. The molecule has 1 aliphatic rings. The highest BCUT2D eigenvalue weighted by atomic mass is 32.2. The summed E-state index contributed by atoms with van der Waals surface area (Å²) in [5.41, 5.74) is 5.58. The van der Waals surface area contributed by atoms with Gasteiger partial charge in [0.05, 0.1) is 16.3 Å². The van der Waals surface area contributed by atoms with E-state index >= 15 is 0 Å². The van der Waals surface area contributed by atoms with Crippen LogP contribution in [0.2, 0.25) is 0 Å². The number of nitrogens with two attached hydrogens (primary N) is 1. The van der Waals surface area contributed by atoms with E-state index in [1.165, 1.54) is 0 Å². The highest BCUT2D eigenvalue weighted by Gasteiger charge is 2.25. The molecule has 0 aliphatic carbocycles. The second-order valence-electron chi connectivity index (χ2n) is 3.75. The second kappa shape index (κ2) is 6.33. The Kier molecular flexibility index (Phi) is 5.39. The fourth-order valence-electron chi connectivity index (χ4n) is 1.62. The Morgan fingerprint density at radius 3 is 2.93 bits per heavy atom. The Morgan fingerprint density at radius 1 is 1.73 bits per heavy atom. The third-order valence-corrected chi connectivity index (χ3v) is 4.12. The number of carbonyl (C=O) groups excluding carboxylic acids is 1. The molecule has 0 bridgehead atoms. The zero-order valence-corrected chi connectivity index (χ0v) is 10.6. The van der Waals surface area contributed by atoms with Crippen molar-refractivity contribution < 1.29 is 4.79 Å². The molecule has 2 atom stereocenters. The Bertz CT molecular complexity index is 240. The van der Waals surface area contributed by atoms with Crippen LogP contribution in [0, 0.1) is 0 Å². The van der Waals surface area contributed by atoms with Crippen molar-refractivity contribution >= 4 is 34.9 Å². The minimum absolute atomic E-state index is 0.101. The molecule has 0 aromatic heterocycles. The van der Waals surface area contributed by atoms with Crippen LogP contribution in [-0.2, 0) is 4.79 Å². The Labute approximate surface area is 101 Å². The predicted molar refractivity (Wildman–Crippen MR) is 69.1 cm³/mol. The van der Waals surface area contributed by atoms with E-state index in [4.69, 9.17) is 18.0 Å². The first-order chi connectivity index (χ1) is 7.15. The number of hydrogen-bond donors (Lipinski definition) is 2. The molecule has 0 saturated carbocycles. The van der Waals surface area contributed by atoms with Gasteiger partial charge in [0.15, 0.2) is 0 Å². The van der Waals surface area contributed by atoms with Gasteiger partial charge in [-0.1, -0.05) is 25.6 Å². The number of hydrogen-bond acceptors (Lipinski definition) is 3. The van der Waals surface area contributed by atoms with Gasteiger partial charge in [-0.15, -0.1) is 11.8 Å². The van der Waals surface area contributed by atoms with Crippen molar-refractivity contribution in [3.63, 3.8) is 0 Å². The lowest BCUT2D eigenvalue weighted by atomic mass is 10.1. The zero-order chi connectivity index (χ0) is 11.3. The fraction of sp³-hybridized carbons (Fsp3) is 0.800. The standard InChI is InChI=1S/C10H18N2OS2/c1-2-4-7(9(11)14)12-10(13)8-5-3-6-15-8/h7-8H,2-6H2,1H3,(H2,11,14)(H,12,13). The third kappa shape index (κ3) is 3.99. The van der Waals surface area contributed by atoms with Crippen LogP contribution in [0.3, 0.4) is 0 Å². The van der Waals surface area contributed by atoms with Gasteiger partial charge in [0.25, 0.3) is 0 Å². The molecule has 2 unspecified atom stereocenters. The number of thioether (sulfide) groups is 1. The fourth-order valence-corrected chi connectivity index (χ4v) is 2.97. The van der Waals surface area contributed by atoms with E-state index in [1.54, 1.807) is 11.8 Å². The molecule has 1 aliphatic heterocycles. The van der Waals surface area contributed by atoms with Crippen LogP contribution in [0.5, 0.6) is 0 Å². The number of carbonyl (C=O) groups is 1. The average Bonchev–Trinajstić information content (AvgIpc) is 2.69. The van der Waals surface area contributed by atoms with Gasteiger partial charge in [-0.2, -0.15) is 0 Å². The molecule has 0 radical (unpaired) electrons. The van der Waals surface area contributed by atoms with Crippen LogP contribution in [0.1, 0.15) is 32.6 Å². The molecule has 0 aromatic carbocycles. The quantitative estimate of drug-likeness (QED) is 0.721. The van der Waals surface area contributed by atoms with Crippen molar-refractivity contribution in [1.82, 2.24) is 5.32 Å². The first-order valence-electron chi connectivity index (χ1n) is 5.36. The summed E-state index contributed by atoms with van der Waals surface area (Å²) in [5, 5.41) is 3.04. The Morgan fingerprint density at radius 2 is 2.47 bits per heavy atom. The molecule has 1 amide bonds. The summed E-state index contributed by atoms with van der Waals surface area (Å²) in [4.78, 5) is 12.2. The molecule has 15 heavy (non-hydrogen) atoms. The van der Waals surface area contributed by atoms with Crippen molar-refractivity contribution in [1.29, 1.82) is 0 Å². The zero-order valence-electron chi connectivity index (χ0n) is 8.99. The van der Waals surface area contributed by atoms with Gasteiger partial charge in [-0.3, -0.25) is 4.79 Å². The minimum atomic E-state index is -0.126. The predicted octanol–water partition coefficient (Wildman–Crippen LogP) is 1.45. The number of rotatable bonds is 5. The van der Waals surface area contributed by atoms with E-state index in [0.717, 1.165) is 31.4 Å². The van der Waals surface area contributed by atoms with Crippen molar-refractivity contribution in [2.45, 2.75) is 43.9 Å². The minimum Gasteiger partial charge on any atom is -0.392 e. The van der Waals surface area contributed by atoms with Crippen LogP contribution in [0.15, 0.2) is 0 Å². The molecule has 3 N–H and O–H groups in total. The summed E-state index contributed by atoms with van der Waals surface area (Å²) in [6, 6.07) is -0.126. The summed E-state index contributed by atoms with van der Waals surface area (Å²) in [7, 11) is 0. The second-order valence-corrected chi connectivity index (χ2v) is 5.54. The van der Waals surface area contributed by atoms with Crippen LogP contribution >= 0.6 is 24.0 Å². The molecule has 5 heteroatoms. The SMILES string of the molecule is CCCC(NC(=O)C1CCCS1)C(N)=S. The topological polar surface area (TPSA) is 55.1 Å². The van der Waals surface area contributed by atoms with Gasteiger partial charge in [0.1, 0.15) is 0 Å². The molecular formula is C10H18N2OS2. The van der Waals surface area contributed by atoms with Gasteiger partial charge in [-0.25, -0.2) is 0 Å². The maximum absolute atomic E-state index is 11.8. The summed E-state index contributed by atoms with van der Waals surface area (Å²) >= 11 is 6.66. The first kappa shape index (κ1) is 12.8. The van der Waals surface area contributed by atoms with Gasteiger partial charge in [-0.05, 0) is 25.0 Å². The third-order valence-electron chi connectivity index (χ3n) is 2.46.